The van der Waals surface area contributed by atoms with Gasteiger partial charge in [0.05, 0.1) is 24.5 Å². The molecule has 3 aromatic rings. The number of hydrogen-bond donors (Lipinski definition) is 1. The molecule has 1 aliphatic heterocycles. The van der Waals surface area contributed by atoms with Gasteiger partial charge in [-0.1, -0.05) is 0 Å². The summed E-state index contributed by atoms with van der Waals surface area (Å²) in [7, 11) is 0. The monoisotopic (exact) mass is 415 g/mol. The molecule has 1 N–H and O–H groups in total. The minimum Gasteiger partial charge on any atom is -0.441 e. The van der Waals surface area contributed by atoms with Gasteiger partial charge in [-0.25, -0.2) is 18.7 Å². The fourth-order valence-corrected chi connectivity index (χ4v) is 3.70. The summed E-state index contributed by atoms with van der Waals surface area (Å²) >= 11 is 0. The Balaban J connectivity index is 1.43. The molecule has 0 bridgehead atoms. The van der Waals surface area contributed by atoms with E-state index < -0.39 is 5.92 Å². The SMILES string of the molecule is Cc1ncc(-c2cnc3cnc(NC(=O)C4CCN(CC(C)(F)F)CC4)cc3c2)o1. The Bertz CT molecular complexity index is 1050. The van der Waals surface area contributed by atoms with Gasteiger partial charge in [0, 0.05) is 36.9 Å². The summed E-state index contributed by atoms with van der Waals surface area (Å²) in [6.07, 6.45) is 6.03. The summed E-state index contributed by atoms with van der Waals surface area (Å²) in [4.78, 5) is 27.1. The summed E-state index contributed by atoms with van der Waals surface area (Å²) < 4.78 is 31.9. The Morgan fingerprint density at radius 2 is 1.97 bits per heavy atom. The molecule has 4 heterocycles. The predicted molar refractivity (Wildman–Crippen MR) is 108 cm³/mol. The van der Waals surface area contributed by atoms with Crippen LogP contribution in [0.3, 0.4) is 0 Å². The molecule has 4 rings (SSSR count). The van der Waals surface area contributed by atoms with Gasteiger partial charge >= 0.3 is 0 Å². The van der Waals surface area contributed by atoms with Gasteiger partial charge in [0.2, 0.25) is 5.91 Å². The minimum atomic E-state index is -2.72. The van der Waals surface area contributed by atoms with E-state index in [1.165, 1.54) is 0 Å². The molecule has 0 radical (unpaired) electrons. The number of nitrogens with zero attached hydrogens (tertiary/aromatic N) is 4. The van der Waals surface area contributed by atoms with E-state index in [9.17, 15) is 13.6 Å². The number of carbonyl (C=O) groups is 1. The van der Waals surface area contributed by atoms with E-state index in [2.05, 4.69) is 20.3 Å². The second-order valence-electron chi connectivity index (χ2n) is 7.84. The van der Waals surface area contributed by atoms with Crippen LogP contribution in [0.1, 0.15) is 25.7 Å². The molecule has 158 valence electrons. The van der Waals surface area contributed by atoms with Crippen LogP contribution < -0.4 is 5.32 Å². The average molecular weight is 415 g/mol. The molecular formula is C21H23F2N5O2. The van der Waals surface area contributed by atoms with Crippen LogP contribution in [0.5, 0.6) is 0 Å². The number of hydrogen-bond acceptors (Lipinski definition) is 6. The van der Waals surface area contributed by atoms with Crippen molar-refractivity contribution in [3.05, 3.63) is 36.6 Å². The first kappa shape index (κ1) is 20.3. The van der Waals surface area contributed by atoms with E-state index in [0.29, 0.717) is 48.9 Å². The molecule has 0 spiro atoms. The predicted octanol–water partition coefficient (Wildman–Crippen LogP) is 3.90. The number of likely N-dealkylation sites (tertiary alicyclic amines) is 1. The molecule has 0 atom stereocenters. The zero-order chi connectivity index (χ0) is 21.3. The summed E-state index contributed by atoms with van der Waals surface area (Å²) in [6.45, 7) is 3.38. The zero-order valence-electron chi connectivity index (χ0n) is 16.9. The standard InChI is InChI=1S/C21H23F2N5O2/c1-13-24-11-18(30-13)16-7-15-8-19(26-10-17(15)25-9-16)27-20(29)14-3-5-28(6-4-14)12-21(2,22)23/h7-11,14H,3-6,12H2,1-2H3,(H,26,27,29). The number of fused-ring (bicyclic) bond motifs is 1. The molecule has 0 aromatic carbocycles. The number of carbonyl (C=O) groups excluding carboxylic acids is 1. The largest absolute Gasteiger partial charge is 0.441 e. The molecule has 7 nitrogen and oxygen atoms in total. The van der Waals surface area contributed by atoms with Crippen LogP contribution in [0.25, 0.3) is 22.2 Å². The van der Waals surface area contributed by atoms with Gasteiger partial charge in [-0.2, -0.15) is 0 Å². The van der Waals surface area contributed by atoms with Gasteiger partial charge in [0.25, 0.3) is 5.92 Å². The van der Waals surface area contributed by atoms with Crippen LogP contribution in [0.15, 0.2) is 35.1 Å². The van der Waals surface area contributed by atoms with Crippen molar-refractivity contribution in [2.24, 2.45) is 5.92 Å². The average Bonchev–Trinajstić information content (AvgIpc) is 3.13. The molecule has 9 heteroatoms. The van der Waals surface area contributed by atoms with Crippen LogP contribution in [0, 0.1) is 12.8 Å². The molecule has 3 aromatic heterocycles. The van der Waals surface area contributed by atoms with Crippen LogP contribution in [0.4, 0.5) is 14.6 Å². The molecule has 1 saturated heterocycles. The third-order valence-electron chi connectivity index (χ3n) is 5.18. The normalized spacial score (nSPS) is 16.1. The van der Waals surface area contributed by atoms with Crippen LogP contribution in [-0.4, -0.2) is 51.3 Å². The molecule has 0 aliphatic carbocycles. The van der Waals surface area contributed by atoms with Crippen LogP contribution in [0.2, 0.25) is 0 Å². The highest BCUT2D eigenvalue weighted by Crippen LogP contribution is 2.26. The van der Waals surface area contributed by atoms with E-state index in [0.717, 1.165) is 17.9 Å². The lowest BCUT2D eigenvalue weighted by Gasteiger charge is -2.32. The van der Waals surface area contributed by atoms with E-state index >= 15 is 0 Å². The van der Waals surface area contributed by atoms with Crippen molar-refractivity contribution in [2.75, 3.05) is 25.0 Å². The topological polar surface area (TPSA) is 84.2 Å². The number of alkyl halides is 2. The van der Waals surface area contributed by atoms with Crippen molar-refractivity contribution in [3.8, 4) is 11.3 Å². The quantitative estimate of drug-likeness (QED) is 0.680. The Morgan fingerprint density at radius 3 is 2.63 bits per heavy atom. The van der Waals surface area contributed by atoms with Crippen molar-refractivity contribution in [3.63, 3.8) is 0 Å². The van der Waals surface area contributed by atoms with Gasteiger partial charge in [0.1, 0.15) is 5.82 Å². The second-order valence-corrected chi connectivity index (χ2v) is 7.84. The number of aryl methyl sites for hydroxylation is 1. The van der Waals surface area contributed by atoms with Gasteiger partial charge in [-0.15, -0.1) is 0 Å². The van der Waals surface area contributed by atoms with Crippen molar-refractivity contribution in [2.45, 2.75) is 32.6 Å². The van der Waals surface area contributed by atoms with E-state index in [-0.39, 0.29) is 18.4 Å². The molecule has 1 fully saturated rings. The summed E-state index contributed by atoms with van der Waals surface area (Å²) in [6, 6.07) is 3.67. The number of halogens is 2. The molecule has 1 aliphatic rings. The number of piperidine rings is 1. The maximum absolute atomic E-state index is 13.2. The number of oxazole rings is 1. The summed E-state index contributed by atoms with van der Waals surface area (Å²) in [5.74, 6) is -1.45. The minimum absolute atomic E-state index is 0.139. The van der Waals surface area contributed by atoms with E-state index in [4.69, 9.17) is 4.42 Å². The van der Waals surface area contributed by atoms with Crippen molar-refractivity contribution >= 4 is 22.6 Å². The Kier molecular flexibility index (Phi) is 5.46. The third kappa shape index (κ3) is 4.79. The third-order valence-corrected chi connectivity index (χ3v) is 5.18. The van der Waals surface area contributed by atoms with Gasteiger partial charge in [-0.3, -0.25) is 14.7 Å². The number of aromatic nitrogens is 3. The van der Waals surface area contributed by atoms with Crippen LogP contribution in [-0.2, 0) is 4.79 Å². The lowest BCUT2D eigenvalue weighted by Crippen LogP contribution is -2.42. The van der Waals surface area contributed by atoms with Gasteiger partial charge < -0.3 is 9.73 Å². The molecule has 30 heavy (non-hydrogen) atoms. The second kappa shape index (κ2) is 8.06. The fourth-order valence-electron chi connectivity index (χ4n) is 3.70. The van der Waals surface area contributed by atoms with Gasteiger partial charge in [-0.05, 0) is 38.1 Å². The first-order chi connectivity index (χ1) is 14.3. The van der Waals surface area contributed by atoms with E-state index in [1.807, 2.05) is 6.07 Å². The number of anilines is 1. The van der Waals surface area contributed by atoms with Crippen molar-refractivity contribution in [1.29, 1.82) is 0 Å². The number of pyridine rings is 2. The molecule has 0 unspecified atom stereocenters. The maximum atomic E-state index is 13.2. The highest BCUT2D eigenvalue weighted by Gasteiger charge is 2.30. The highest BCUT2D eigenvalue weighted by molar-refractivity contribution is 5.94. The summed E-state index contributed by atoms with van der Waals surface area (Å²) in [5.41, 5.74) is 1.48. The Labute approximate surface area is 172 Å². The number of nitrogens with one attached hydrogen (secondary N) is 1. The number of amides is 1. The highest BCUT2D eigenvalue weighted by atomic mass is 19.3. The molecule has 1 amide bonds. The Morgan fingerprint density at radius 1 is 1.20 bits per heavy atom. The molecular weight excluding hydrogens is 392 g/mol. The van der Waals surface area contributed by atoms with E-state index in [1.54, 1.807) is 36.5 Å². The Hall–Kier alpha value is -2.94. The van der Waals surface area contributed by atoms with Crippen molar-refractivity contribution in [1.82, 2.24) is 19.9 Å². The first-order valence-electron chi connectivity index (χ1n) is 9.86. The molecule has 0 saturated carbocycles. The summed E-state index contributed by atoms with van der Waals surface area (Å²) in [5, 5.41) is 3.66. The van der Waals surface area contributed by atoms with Gasteiger partial charge in [0.15, 0.2) is 11.7 Å². The van der Waals surface area contributed by atoms with Crippen LogP contribution >= 0.6 is 0 Å². The maximum Gasteiger partial charge on any atom is 0.257 e. The fraction of sp³-hybridized carbons (Fsp3) is 0.429. The lowest BCUT2D eigenvalue weighted by atomic mass is 9.95. The van der Waals surface area contributed by atoms with Crippen molar-refractivity contribution < 1.29 is 18.0 Å². The first-order valence-corrected chi connectivity index (χ1v) is 9.86. The smallest absolute Gasteiger partial charge is 0.257 e. The lowest BCUT2D eigenvalue weighted by molar-refractivity contribution is -0.121. The number of rotatable bonds is 5. The zero-order valence-corrected chi connectivity index (χ0v) is 16.9.